The molecule has 0 bridgehead atoms. The van der Waals surface area contributed by atoms with Crippen LogP contribution in [-0.4, -0.2) is 23.1 Å². The summed E-state index contributed by atoms with van der Waals surface area (Å²) in [5, 5.41) is 3.45. The van der Waals surface area contributed by atoms with Gasteiger partial charge in [0, 0.05) is 30.9 Å². The molecule has 0 spiro atoms. The average Bonchev–Trinajstić information content (AvgIpc) is 2.94. The zero-order chi connectivity index (χ0) is 12.7. The SMILES string of the molecule is c1nc2c([nH]1)CCN(c1ccc3c(c1)CNCC3)C2. The number of rotatable bonds is 1. The highest BCUT2D eigenvalue weighted by Crippen LogP contribution is 2.26. The molecule has 98 valence electrons. The van der Waals surface area contributed by atoms with Gasteiger partial charge in [0.05, 0.1) is 18.6 Å². The Labute approximate surface area is 112 Å². The third-order valence-corrected chi connectivity index (χ3v) is 4.22. The fourth-order valence-corrected chi connectivity index (χ4v) is 3.09. The number of hydrogen-bond acceptors (Lipinski definition) is 3. The second kappa shape index (κ2) is 4.38. The molecule has 2 N–H and O–H groups in total. The van der Waals surface area contributed by atoms with Crippen LogP contribution in [0.3, 0.4) is 0 Å². The predicted molar refractivity (Wildman–Crippen MR) is 75.2 cm³/mol. The van der Waals surface area contributed by atoms with E-state index in [-0.39, 0.29) is 0 Å². The fourth-order valence-electron chi connectivity index (χ4n) is 3.09. The quantitative estimate of drug-likeness (QED) is 0.812. The second-order valence-corrected chi connectivity index (χ2v) is 5.38. The highest BCUT2D eigenvalue weighted by atomic mass is 15.2. The van der Waals surface area contributed by atoms with Crippen LogP contribution in [-0.2, 0) is 25.9 Å². The topological polar surface area (TPSA) is 44.0 Å². The second-order valence-electron chi connectivity index (χ2n) is 5.38. The van der Waals surface area contributed by atoms with Gasteiger partial charge in [0.2, 0.25) is 0 Å². The number of nitrogens with zero attached hydrogens (tertiary/aromatic N) is 2. The fraction of sp³-hybridized carbons (Fsp3) is 0.400. The summed E-state index contributed by atoms with van der Waals surface area (Å²) < 4.78 is 0. The molecule has 4 heteroatoms. The maximum Gasteiger partial charge on any atom is 0.0926 e. The van der Waals surface area contributed by atoms with Gasteiger partial charge in [-0.3, -0.25) is 0 Å². The Morgan fingerprint density at radius 2 is 2.16 bits per heavy atom. The van der Waals surface area contributed by atoms with Crippen LogP contribution in [0.4, 0.5) is 5.69 Å². The number of hydrogen-bond donors (Lipinski definition) is 2. The monoisotopic (exact) mass is 254 g/mol. The van der Waals surface area contributed by atoms with Gasteiger partial charge < -0.3 is 15.2 Å². The number of benzene rings is 1. The molecular formula is C15H18N4. The minimum atomic E-state index is 0.922. The molecule has 0 fully saturated rings. The van der Waals surface area contributed by atoms with E-state index >= 15 is 0 Å². The van der Waals surface area contributed by atoms with Crippen LogP contribution in [0.5, 0.6) is 0 Å². The van der Waals surface area contributed by atoms with Gasteiger partial charge in [-0.2, -0.15) is 0 Å². The lowest BCUT2D eigenvalue weighted by molar-refractivity contribution is 0.642. The van der Waals surface area contributed by atoms with Crippen LogP contribution in [0.15, 0.2) is 24.5 Å². The number of H-pyrrole nitrogens is 1. The van der Waals surface area contributed by atoms with Gasteiger partial charge in [0.25, 0.3) is 0 Å². The number of aromatic nitrogens is 2. The summed E-state index contributed by atoms with van der Waals surface area (Å²) in [7, 11) is 0. The minimum absolute atomic E-state index is 0.922. The van der Waals surface area contributed by atoms with E-state index < -0.39 is 0 Å². The van der Waals surface area contributed by atoms with Crippen LogP contribution in [0.1, 0.15) is 22.5 Å². The van der Waals surface area contributed by atoms with Crippen molar-refractivity contribution in [3.63, 3.8) is 0 Å². The van der Waals surface area contributed by atoms with E-state index in [4.69, 9.17) is 0 Å². The Bertz CT molecular complexity index is 602. The van der Waals surface area contributed by atoms with E-state index in [2.05, 4.69) is 38.4 Å². The minimum Gasteiger partial charge on any atom is -0.365 e. The summed E-state index contributed by atoms with van der Waals surface area (Å²) in [5.41, 5.74) is 6.78. The smallest absolute Gasteiger partial charge is 0.0926 e. The lowest BCUT2D eigenvalue weighted by Gasteiger charge is -2.29. The Morgan fingerprint density at radius 1 is 1.16 bits per heavy atom. The lowest BCUT2D eigenvalue weighted by Crippen LogP contribution is -2.31. The molecule has 0 saturated carbocycles. The molecule has 0 atom stereocenters. The molecule has 0 radical (unpaired) electrons. The van der Waals surface area contributed by atoms with Crippen LogP contribution in [0, 0.1) is 0 Å². The summed E-state index contributed by atoms with van der Waals surface area (Å²) in [4.78, 5) is 10.1. The molecule has 2 aliphatic heterocycles. The Hall–Kier alpha value is -1.81. The molecule has 0 saturated heterocycles. The highest BCUT2D eigenvalue weighted by molar-refractivity contribution is 5.53. The third-order valence-electron chi connectivity index (χ3n) is 4.22. The van der Waals surface area contributed by atoms with Crippen molar-refractivity contribution in [1.29, 1.82) is 0 Å². The maximum absolute atomic E-state index is 4.41. The summed E-state index contributed by atoms with van der Waals surface area (Å²) in [6.45, 7) is 4.10. The maximum atomic E-state index is 4.41. The van der Waals surface area contributed by atoms with Crippen molar-refractivity contribution in [2.45, 2.75) is 25.9 Å². The molecule has 0 amide bonds. The number of anilines is 1. The molecule has 0 unspecified atom stereocenters. The van der Waals surface area contributed by atoms with Gasteiger partial charge in [-0.1, -0.05) is 6.07 Å². The number of aromatic amines is 1. The van der Waals surface area contributed by atoms with Gasteiger partial charge in [-0.15, -0.1) is 0 Å². The van der Waals surface area contributed by atoms with E-state index in [9.17, 15) is 0 Å². The van der Waals surface area contributed by atoms with Crippen LogP contribution >= 0.6 is 0 Å². The first-order chi connectivity index (χ1) is 9.40. The van der Waals surface area contributed by atoms with Crippen LogP contribution < -0.4 is 10.2 Å². The first-order valence-corrected chi connectivity index (χ1v) is 6.99. The summed E-state index contributed by atoms with van der Waals surface area (Å²) in [5.74, 6) is 0. The molecule has 3 heterocycles. The standard InChI is InChI=1S/C15H18N4/c1-2-13(7-12-8-16-5-3-11(1)12)19-6-4-14-15(9-19)18-10-17-14/h1-2,7,10,16H,3-6,8-9H2,(H,17,18). The van der Waals surface area contributed by atoms with Crippen LogP contribution in [0.2, 0.25) is 0 Å². The van der Waals surface area contributed by atoms with Crippen molar-refractivity contribution in [2.24, 2.45) is 0 Å². The lowest BCUT2D eigenvalue weighted by atomic mass is 9.99. The molecular weight excluding hydrogens is 236 g/mol. The van der Waals surface area contributed by atoms with Crippen molar-refractivity contribution in [2.75, 3.05) is 18.0 Å². The largest absolute Gasteiger partial charge is 0.365 e. The number of fused-ring (bicyclic) bond motifs is 2. The molecule has 4 nitrogen and oxygen atoms in total. The van der Waals surface area contributed by atoms with Crippen molar-refractivity contribution < 1.29 is 0 Å². The molecule has 2 aromatic rings. The van der Waals surface area contributed by atoms with E-state index in [1.165, 1.54) is 28.2 Å². The van der Waals surface area contributed by atoms with E-state index in [1.54, 1.807) is 0 Å². The first kappa shape index (κ1) is 11.1. The van der Waals surface area contributed by atoms with Crippen LogP contribution in [0.25, 0.3) is 0 Å². The highest BCUT2D eigenvalue weighted by Gasteiger charge is 2.19. The van der Waals surface area contributed by atoms with E-state index in [1.807, 2.05) is 6.33 Å². The van der Waals surface area contributed by atoms with Crippen molar-refractivity contribution in [3.8, 4) is 0 Å². The summed E-state index contributed by atoms with van der Waals surface area (Å²) in [6.07, 6.45) is 4.02. The molecule has 2 aliphatic rings. The van der Waals surface area contributed by atoms with E-state index in [0.29, 0.717) is 0 Å². The summed E-state index contributed by atoms with van der Waals surface area (Å²) in [6, 6.07) is 6.91. The van der Waals surface area contributed by atoms with Crippen molar-refractivity contribution >= 4 is 5.69 Å². The Kier molecular flexibility index (Phi) is 2.55. The van der Waals surface area contributed by atoms with Gasteiger partial charge in [0.1, 0.15) is 0 Å². The van der Waals surface area contributed by atoms with Gasteiger partial charge in [-0.25, -0.2) is 4.98 Å². The molecule has 19 heavy (non-hydrogen) atoms. The van der Waals surface area contributed by atoms with Crippen molar-refractivity contribution in [1.82, 2.24) is 15.3 Å². The average molecular weight is 254 g/mol. The zero-order valence-electron chi connectivity index (χ0n) is 10.9. The molecule has 0 aliphatic carbocycles. The third kappa shape index (κ3) is 1.92. The molecule has 1 aromatic carbocycles. The molecule has 4 rings (SSSR count). The Balaban J connectivity index is 1.63. The normalized spacial score (nSPS) is 18.0. The van der Waals surface area contributed by atoms with Gasteiger partial charge >= 0.3 is 0 Å². The van der Waals surface area contributed by atoms with Crippen molar-refractivity contribution in [3.05, 3.63) is 47.0 Å². The zero-order valence-corrected chi connectivity index (χ0v) is 10.9. The van der Waals surface area contributed by atoms with E-state index in [0.717, 1.165) is 39.0 Å². The number of imidazole rings is 1. The summed E-state index contributed by atoms with van der Waals surface area (Å²) >= 11 is 0. The number of nitrogens with one attached hydrogen (secondary N) is 2. The van der Waals surface area contributed by atoms with Gasteiger partial charge in [-0.05, 0) is 36.2 Å². The predicted octanol–water partition coefficient (Wildman–Crippen LogP) is 1.62. The Morgan fingerprint density at radius 3 is 3.16 bits per heavy atom. The van der Waals surface area contributed by atoms with Gasteiger partial charge in [0.15, 0.2) is 0 Å². The first-order valence-electron chi connectivity index (χ1n) is 6.99. The molecule has 1 aromatic heterocycles.